The summed E-state index contributed by atoms with van der Waals surface area (Å²) in [4.78, 5) is 14.5. The van der Waals surface area contributed by atoms with Crippen LogP contribution in [0.3, 0.4) is 0 Å². The lowest BCUT2D eigenvalue weighted by Crippen LogP contribution is -2.42. The van der Waals surface area contributed by atoms with Crippen LogP contribution in [0, 0.1) is 5.92 Å². The van der Waals surface area contributed by atoms with Crippen molar-refractivity contribution in [2.75, 3.05) is 13.1 Å². The van der Waals surface area contributed by atoms with Crippen molar-refractivity contribution in [3.63, 3.8) is 0 Å². The predicted octanol–water partition coefficient (Wildman–Crippen LogP) is 3.96. The van der Waals surface area contributed by atoms with E-state index in [9.17, 15) is 4.79 Å². The second-order valence-electron chi connectivity index (χ2n) is 6.09. The third-order valence-electron chi connectivity index (χ3n) is 4.05. The van der Waals surface area contributed by atoms with Crippen LogP contribution in [-0.4, -0.2) is 29.9 Å². The SMILES string of the molecule is CCCCCCN(CCCCCC)C(=O)C(C)C(C)N. The number of nitrogens with two attached hydrogens (primary N) is 1. The van der Waals surface area contributed by atoms with Gasteiger partial charge in [-0.2, -0.15) is 0 Å². The minimum absolute atomic E-state index is 0.0590. The van der Waals surface area contributed by atoms with Crippen LogP contribution in [0.5, 0.6) is 0 Å². The van der Waals surface area contributed by atoms with Gasteiger partial charge < -0.3 is 10.6 Å². The van der Waals surface area contributed by atoms with E-state index in [1.165, 1.54) is 38.5 Å². The molecule has 20 heavy (non-hydrogen) atoms. The first-order chi connectivity index (χ1) is 9.54. The van der Waals surface area contributed by atoms with E-state index >= 15 is 0 Å². The van der Waals surface area contributed by atoms with Gasteiger partial charge in [-0.3, -0.25) is 4.79 Å². The maximum Gasteiger partial charge on any atom is 0.226 e. The Bertz CT molecular complexity index is 229. The largest absolute Gasteiger partial charge is 0.342 e. The summed E-state index contributed by atoms with van der Waals surface area (Å²) in [6.07, 6.45) is 9.70. The fourth-order valence-electron chi connectivity index (χ4n) is 2.30. The molecule has 2 unspecified atom stereocenters. The normalized spacial score (nSPS) is 14.1. The summed E-state index contributed by atoms with van der Waals surface area (Å²) in [5.41, 5.74) is 5.88. The quantitative estimate of drug-likeness (QED) is 0.551. The zero-order valence-corrected chi connectivity index (χ0v) is 14.2. The van der Waals surface area contributed by atoms with E-state index in [1.54, 1.807) is 0 Å². The summed E-state index contributed by atoms with van der Waals surface area (Å²) < 4.78 is 0. The first kappa shape index (κ1) is 19.4. The zero-order chi connectivity index (χ0) is 15.4. The molecule has 0 aromatic heterocycles. The van der Waals surface area contributed by atoms with Gasteiger partial charge in [-0.25, -0.2) is 0 Å². The summed E-state index contributed by atoms with van der Waals surface area (Å²) in [6, 6.07) is -0.0590. The Morgan fingerprint density at radius 3 is 1.70 bits per heavy atom. The molecule has 0 bridgehead atoms. The molecule has 0 aliphatic carbocycles. The van der Waals surface area contributed by atoms with Crippen molar-refractivity contribution >= 4 is 5.91 Å². The molecule has 0 rings (SSSR count). The highest BCUT2D eigenvalue weighted by Crippen LogP contribution is 2.11. The van der Waals surface area contributed by atoms with Gasteiger partial charge in [-0.05, 0) is 19.8 Å². The molecule has 0 aromatic rings. The summed E-state index contributed by atoms with van der Waals surface area (Å²) in [5.74, 6) is 0.181. The van der Waals surface area contributed by atoms with Crippen molar-refractivity contribution in [2.24, 2.45) is 11.7 Å². The molecule has 2 atom stereocenters. The molecule has 3 nitrogen and oxygen atoms in total. The molecule has 0 saturated carbocycles. The summed E-state index contributed by atoms with van der Waals surface area (Å²) >= 11 is 0. The first-order valence-corrected chi connectivity index (χ1v) is 8.58. The average Bonchev–Trinajstić information content (AvgIpc) is 2.44. The maximum atomic E-state index is 12.5. The van der Waals surface area contributed by atoms with Gasteiger partial charge in [0.2, 0.25) is 5.91 Å². The molecule has 0 aromatic carbocycles. The second-order valence-corrected chi connectivity index (χ2v) is 6.09. The van der Waals surface area contributed by atoms with Gasteiger partial charge in [0.1, 0.15) is 0 Å². The van der Waals surface area contributed by atoms with E-state index in [4.69, 9.17) is 5.73 Å². The molecule has 0 aliphatic heterocycles. The minimum Gasteiger partial charge on any atom is -0.342 e. The molecule has 2 N–H and O–H groups in total. The molecular formula is C17H36N2O. The van der Waals surface area contributed by atoms with Crippen LogP contribution in [0.4, 0.5) is 0 Å². The van der Waals surface area contributed by atoms with Crippen LogP contribution in [0.2, 0.25) is 0 Å². The number of hydrogen-bond acceptors (Lipinski definition) is 2. The second kappa shape index (κ2) is 12.2. The highest BCUT2D eigenvalue weighted by atomic mass is 16.2. The fourth-order valence-corrected chi connectivity index (χ4v) is 2.30. The van der Waals surface area contributed by atoms with Crippen molar-refractivity contribution in [2.45, 2.75) is 85.1 Å². The Morgan fingerprint density at radius 2 is 1.35 bits per heavy atom. The smallest absolute Gasteiger partial charge is 0.226 e. The van der Waals surface area contributed by atoms with E-state index in [0.29, 0.717) is 0 Å². The van der Waals surface area contributed by atoms with E-state index in [2.05, 4.69) is 18.7 Å². The predicted molar refractivity (Wildman–Crippen MR) is 87.7 cm³/mol. The molecule has 3 heteroatoms. The first-order valence-electron chi connectivity index (χ1n) is 8.58. The fraction of sp³-hybridized carbons (Fsp3) is 0.941. The monoisotopic (exact) mass is 284 g/mol. The summed E-state index contributed by atoms with van der Waals surface area (Å²) in [6.45, 7) is 10.1. The van der Waals surface area contributed by atoms with Gasteiger partial charge in [0.05, 0.1) is 5.92 Å². The molecular weight excluding hydrogens is 248 g/mol. The van der Waals surface area contributed by atoms with Crippen molar-refractivity contribution in [3.8, 4) is 0 Å². The molecule has 0 saturated heterocycles. The van der Waals surface area contributed by atoms with Crippen LogP contribution < -0.4 is 5.73 Å². The maximum absolute atomic E-state index is 12.5. The lowest BCUT2D eigenvalue weighted by atomic mass is 10.0. The Balaban J connectivity index is 4.25. The zero-order valence-electron chi connectivity index (χ0n) is 14.2. The van der Waals surface area contributed by atoms with Crippen LogP contribution in [-0.2, 0) is 4.79 Å². The van der Waals surface area contributed by atoms with Gasteiger partial charge in [-0.15, -0.1) is 0 Å². The highest BCUT2D eigenvalue weighted by molar-refractivity contribution is 5.79. The number of carbonyl (C=O) groups is 1. The van der Waals surface area contributed by atoms with Crippen molar-refractivity contribution in [1.29, 1.82) is 0 Å². The number of unbranched alkanes of at least 4 members (excludes halogenated alkanes) is 6. The highest BCUT2D eigenvalue weighted by Gasteiger charge is 2.22. The number of amides is 1. The number of nitrogens with zero attached hydrogens (tertiary/aromatic N) is 1. The molecule has 0 fully saturated rings. The molecule has 0 radical (unpaired) electrons. The Hall–Kier alpha value is -0.570. The standard InChI is InChI=1S/C17H36N2O/c1-5-7-9-11-13-19(14-12-10-8-6-2)17(20)15(3)16(4)18/h15-16H,5-14,18H2,1-4H3. The van der Waals surface area contributed by atoms with Crippen molar-refractivity contribution < 1.29 is 4.79 Å². The van der Waals surface area contributed by atoms with Crippen LogP contribution in [0.25, 0.3) is 0 Å². The van der Waals surface area contributed by atoms with Crippen LogP contribution in [0.1, 0.15) is 79.1 Å². The van der Waals surface area contributed by atoms with Gasteiger partial charge in [0.15, 0.2) is 0 Å². The van der Waals surface area contributed by atoms with Gasteiger partial charge in [-0.1, -0.05) is 59.3 Å². The Labute approximate surface area is 126 Å². The van der Waals surface area contributed by atoms with Crippen molar-refractivity contribution in [1.82, 2.24) is 4.90 Å². The van der Waals surface area contributed by atoms with Gasteiger partial charge >= 0.3 is 0 Å². The Kier molecular flexibility index (Phi) is 11.8. The van der Waals surface area contributed by atoms with Crippen LogP contribution >= 0.6 is 0 Å². The van der Waals surface area contributed by atoms with E-state index in [1.807, 2.05) is 13.8 Å². The number of rotatable bonds is 12. The minimum atomic E-state index is -0.0626. The van der Waals surface area contributed by atoms with E-state index in [-0.39, 0.29) is 17.9 Å². The van der Waals surface area contributed by atoms with Gasteiger partial charge in [0.25, 0.3) is 0 Å². The number of hydrogen-bond donors (Lipinski definition) is 1. The molecule has 0 aliphatic rings. The third-order valence-corrected chi connectivity index (χ3v) is 4.05. The summed E-state index contributed by atoms with van der Waals surface area (Å²) in [5, 5.41) is 0. The average molecular weight is 284 g/mol. The molecule has 0 heterocycles. The van der Waals surface area contributed by atoms with Gasteiger partial charge in [0, 0.05) is 19.1 Å². The third kappa shape index (κ3) is 8.57. The summed E-state index contributed by atoms with van der Waals surface area (Å²) in [7, 11) is 0. The van der Waals surface area contributed by atoms with Crippen LogP contribution in [0.15, 0.2) is 0 Å². The van der Waals surface area contributed by atoms with E-state index in [0.717, 1.165) is 25.9 Å². The Morgan fingerprint density at radius 1 is 0.900 bits per heavy atom. The number of carbonyl (C=O) groups excluding carboxylic acids is 1. The molecule has 0 spiro atoms. The lowest BCUT2D eigenvalue weighted by molar-refractivity contribution is -0.135. The topological polar surface area (TPSA) is 46.3 Å². The lowest BCUT2D eigenvalue weighted by Gasteiger charge is -2.27. The molecule has 1 amide bonds. The van der Waals surface area contributed by atoms with E-state index < -0.39 is 0 Å². The molecule has 120 valence electrons. The van der Waals surface area contributed by atoms with Crippen molar-refractivity contribution in [3.05, 3.63) is 0 Å².